The highest BCUT2D eigenvalue weighted by Gasteiger charge is 2.23. The number of fused-ring (bicyclic) bond motifs is 1. The van der Waals surface area contributed by atoms with Crippen LogP contribution in [0.25, 0.3) is 22.4 Å². The number of H-pyrrole nitrogens is 1. The second kappa shape index (κ2) is 11.0. The lowest BCUT2D eigenvalue weighted by molar-refractivity contribution is -0.153. The molecule has 0 radical (unpaired) electrons. The van der Waals surface area contributed by atoms with E-state index in [1.54, 1.807) is 6.20 Å². The maximum absolute atomic E-state index is 12.5. The zero-order chi connectivity index (χ0) is 25.1. The SMILES string of the molecule is Cc1cc(-c2nc3cc(CC[C@@H](C)C(=O)OC4CCCC4)ccc3n2CC2CCOCC2)c[nH]c1=O. The van der Waals surface area contributed by atoms with Crippen LogP contribution in [-0.4, -0.2) is 39.8 Å². The van der Waals surface area contributed by atoms with Crippen LogP contribution in [0.4, 0.5) is 0 Å². The summed E-state index contributed by atoms with van der Waals surface area (Å²) in [6, 6.07) is 8.37. The quantitative estimate of drug-likeness (QED) is 0.439. The van der Waals surface area contributed by atoms with Crippen molar-refractivity contribution >= 4 is 17.0 Å². The Morgan fingerprint density at radius 3 is 2.72 bits per heavy atom. The number of nitrogens with one attached hydrogen (secondary N) is 1. The van der Waals surface area contributed by atoms with Gasteiger partial charge in [0, 0.05) is 37.1 Å². The van der Waals surface area contributed by atoms with Gasteiger partial charge in [-0.15, -0.1) is 0 Å². The van der Waals surface area contributed by atoms with E-state index in [0.717, 1.165) is 93.5 Å². The van der Waals surface area contributed by atoms with Gasteiger partial charge in [0.1, 0.15) is 11.9 Å². The molecule has 5 rings (SSSR count). The highest BCUT2D eigenvalue weighted by molar-refractivity contribution is 5.81. The molecule has 1 saturated heterocycles. The first-order chi connectivity index (χ1) is 17.5. The molecule has 7 nitrogen and oxygen atoms in total. The Labute approximate surface area is 212 Å². The monoisotopic (exact) mass is 491 g/mol. The smallest absolute Gasteiger partial charge is 0.308 e. The molecule has 2 fully saturated rings. The number of ether oxygens (including phenoxy) is 2. The van der Waals surface area contributed by atoms with Crippen molar-refractivity contribution in [1.29, 1.82) is 0 Å². The van der Waals surface area contributed by atoms with Crippen LogP contribution in [0.2, 0.25) is 0 Å². The second-order valence-electron chi connectivity index (χ2n) is 10.6. The predicted molar refractivity (Wildman–Crippen MR) is 140 cm³/mol. The summed E-state index contributed by atoms with van der Waals surface area (Å²) >= 11 is 0. The molecule has 1 aromatic carbocycles. The van der Waals surface area contributed by atoms with Crippen molar-refractivity contribution in [3.8, 4) is 11.4 Å². The first kappa shape index (κ1) is 24.8. The second-order valence-corrected chi connectivity index (χ2v) is 10.6. The fourth-order valence-corrected chi connectivity index (χ4v) is 5.44. The standard InChI is InChI=1S/C29H37N3O4/c1-19(29(34)36-24-5-3-4-6-24)7-8-21-9-10-26-25(16-21)31-27(23-15-20(2)28(33)30-17-23)32(26)18-22-11-13-35-14-12-22/h9-10,15-17,19,22,24H,3-8,11-14,18H2,1-2H3,(H,30,33)/t19-/m1/s1. The number of esters is 1. The van der Waals surface area contributed by atoms with Gasteiger partial charge in [-0.2, -0.15) is 0 Å². The van der Waals surface area contributed by atoms with Crippen LogP contribution >= 0.6 is 0 Å². The van der Waals surface area contributed by atoms with Crippen molar-refractivity contribution in [3.63, 3.8) is 0 Å². The molecule has 7 heteroatoms. The van der Waals surface area contributed by atoms with E-state index >= 15 is 0 Å². The van der Waals surface area contributed by atoms with Gasteiger partial charge in [-0.25, -0.2) is 4.98 Å². The summed E-state index contributed by atoms with van der Waals surface area (Å²) in [4.78, 5) is 32.3. The number of aromatic amines is 1. The number of aromatic nitrogens is 3. The number of imidazole rings is 1. The lowest BCUT2D eigenvalue weighted by atomic mass is 9.99. The minimum atomic E-state index is -0.118. The molecule has 0 unspecified atom stereocenters. The van der Waals surface area contributed by atoms with Crippen molar-refractivity contribution in [3.05, 3.63) is 51.9 Å². The third-order valence-corrected chi connectivity index (χ3v) is 7.79. The number of aryl methyl sites for hydroxylation is 2. The number of benzene rings is 1. The Hall–Kier alpha value is -2.93. The van der Waals surface area contributed by atoms with Crippen LogP contribution in [0.15, 0.2) is 35.3 Å². The van der Waals surface area contributed by atoms with Crippen molar-refractivity contribution in [2.75, 3.05) is 13.2 Å². The van der Waals surface area contributed by atoms with Crippen LogP contribution < -0.4 is 5.56 Å². The maximum Gasteiger partial charge on any atom is 0.308 e. The summed E-state index contributed by atoms with van der Waals surface area (Å²) in [6.45, 7) is 6.27. The van der Waals surface area contributed by atoms with E-state index in [9.17, 15) is 9.59 Å². The number of carbonyl (C=O) groups is 1. The molecular formula is C29H37N3O4. The summed E-state index contributed by atoms with van der Waals surface area (Å²) < 4.78 is 13.6. The fourth-order valence-electron chi connectivity index (χ4n) is 5.44. The number of carbonyl (C=O) groups excluding carboxylic acids is 1. The van der Waals surface area contributed by atoms with E-state index in [1.165, 1.54) is 5.56 Å². The first-order valence-corrected chi connectivity index (χ1v) is 13.4. The Morgan fingerprint density at radius 1 is 1.19 bits per heavy atom. The summed E-state index contributed by atoms with van der Waals surface area (Å²) in [5.41, 5.74) is 4.73. The van der Waals surface area contributed by atoms with Gasteiger partial charge in [-0.1, -0.05) is 13.0 Å². The van der Waals surface area contributed by atoms with Crippen LogP contribution in [0, 0.1) is 18.8 Å². The number of nitrogens with zero attached hydrogens (tertiary/aromatic N) is 2. The number of hydrogen-bond donors (Lipinski definition) is 1. The van der Waals surface area contributed by atoms with Crippen LogP contribution in [0.1, 0.15) is 63.0 Å². The largest absolute Gasteiger partial charge is 0.462 e. The molecule has 3 aromatic rings. The van der Waals surface area contributed by atoms with Gasteiger partial charge in [0.15, 0.2) is 0 Å². The van der Waals surface area contributed by atoms with Gasteiger partial charge < -0.3 is 19.0 Å². The molecular weight excluding hydrogens is 454 g/mol. The van der Waals surface area contributed by atoms with Crippen molar-refractivity contribution < 1.29 is 14.3 Å². The summed E-state index contributed by atoms with van der Waals surface area (Å²) in [7, 11) is 0. The summed E-state index contributed by atoms with van der Waals surface area (Å²) in [6.07, 6.45) is 9.84. The van der Waals surface area contributed by atoms with Crippen molar-refractivity contribution in [2.45, 2.75) is 77.9 Å². The van der Waals surface area contributed by atoms with Crippen molar-refractivity contribution in [1.82, 2.24) is 14.5 Å². The van der Waals surface area contributed by atoms with Gasteiger partial charge >= 0.3 is 5.97 Å². The minimum Gasteiger partial charge on any atom is -0.462 e. The lowest BCUT2D eigenvalue weighted by Crippen LogP contribution is -2.21. The molecule has 1 aliphatic carbocycles. The Bertz CT molecular complexity index is 1270. The average Bonchev–Trinajstić information content (AvgIpc) is 3.52. The van der Waals surface area contributed by atoms with E-state index in [2.05, 4.69) is 27.8 Å². The van der Waals surface area contributed by atoms with E-state index in [4.69, 9.17) is 14.5 Å². The van der Waals surface area contributed by atoms with E-state index in [-0.39, 0.29) is 23.6 Å². The normalized spacial score (nSPS) is 18.1. The molecule has 192 valence electrons. The summed E-state index contributed by atoms with van der Waals surface area (Å²) in [5.74, 6) is 1.22. The predicted octanol–water partition coefficient (Wildman–Crippen LogP) is 5.18. The third kappa shape index (κ3) is 5.56. The average molecular weight is 492 g/mol. The van der Waals surface area contributed by atoms with Gasteiger partial charge in [0.05, 0.1) is 17.0 Å². The van der Waals surface area contributed by atoms with Gasteiger partial charge in [-0.05, 0) is 88.0 Å². The molecule has 0 bridgehead atoms. The minimum absolute atomic E-state index is 0.0700. The molecule has 1 N–H and O–H groups in total. The number of hydrogen-bond acceptors (Lipinski definition) is 5. The zero-order valence-corrected chi connectivity index (χ0v) is 21.4. The first-order valence-electron chi connectivity index (χ1n) is 13.4. The van der Waals surface area contributed by atoms with Gasteiger partial charge in [0.25, 0.3) is 5.56 Å². The Balaban J connectivity index is 1.37. The Kier molecular flexibility index (Phi) is 7.56. The van der Waals surface area contributed by atoms with Crippen LogP contribution in [0.5, 0.6) is 0 Å². The van der Waals surface area contributed by atoms with Crippen molar-refractivity contribution in [2.24, 2.45) is 11.8 Å². The molecule has 1 atom stereocenters. The number of pyridine rings is 1. The molecule has 2 aliphatic rings. The molecule has 0 spiro atoms. The zero-order valence-electron chi connectivity index (χ0n) is 21.4. The fraction of sp³-hybridized carbons (Fsp3) is 0.552. The van der Waals surface area contributed by atoms with E-state index < -0.39 is 0 Å². The molecule has 2 aromatic heterocycles. The molecule has 1 saturated carbocycles. The molecule has 1 aliphatic heterocycles. The highest BCUT2D eigenvalue weighted by Crippen LogP contribution is 2.29. The Morgan fingerprint density at radius 2 is 1.97 bits per heavy atom. The van der Waals surface area contributed by atoms with E-state index in [1.807, 2.05) is 19.9 Å². The molecule has 0 amide bonds. The van der Waals surface area contributed by atoms with Gasteiger partial charge in [-0.3, -0.25) is 9.59 Å². The van der Waals surface area contributed by atoms with Gasteiger partial charge in [0.2, 0.25) is 0 Å². The topological polar surface area (TPSA) is 86.2 Å². The van der Waals surface area contributed by atoms with Crippen LogP contribution in [0.3, 0.4) is 0 Å². The lowest BCUT2D eigenvalue weighted by Gasteiger charge is -2.23. The molecule has 3 heterocycles. The van der Waals surface area contributed by atoms with Crippen LogP contribution in [-0.2, 0) is 27.2 Å². The molecule has 36 heavy (non-hydrogen) atoms. The number of rotatable bonds is 8. The third-order valence-electron chi connectivity index (χ3n) is 7.79. The summed E-state index contributed by atoms with van der Waals surface area (Å²) in [5, 5.41) is 0. The highest BCUT2D eigenvalue weighted by atomic mass is 16.5. The van der Waals surface area contributed by atoms with E-state index in [0.29, 0.717) is 11.5 Å². The maximum atomic E-state index is 12.5.